The maximum atomic E-state index is 12.6. The van der Waals surface area contributed by atoms with E-state index in [0.717, 1.165) is 23.5 Å². The van der Waals surface area contributed by atoms with Crippen LogP contribution in [0.25, 0.3) is 0 Å². The molecule has 1 unspecified atom stereocenters. The quantitative estimate of drug-likeness (QED) is 0.941. The van der Waals surface area contributed by atoms with E-state index in [4.69, 9.17) is 4.74 Å². The Morgan fingerprint density at radius 1 is 1.36 bits per heavy atom. The Bertz CT molecular complexity index is 676. The van der Waals surface area contributed by atoms with Crippen LogP contribution >= 0.6 is 0 Å². The number of rotatable bonds is 3. The summed E-state index contributed by atoms with van der Waals surface area (Å²) < 4.78 is 5.89. The molecule has 0 aromatic carbocycles. The highest BCUT2D eigenvalue weighted by Crippen LogP contribution is 2.20. The number of hydrogen-bond donors (Lipinski definition) is 1. The summed E-state index contributed by atoms with van der Waals surface area (Å²) in [5.74, 6) is 0.641. The van der Waals surface area contributed by atoms with Crippen molar-refractivity contribution >= 4 is 5.91 Å². The van der Waals surface area contributed by atoms with Crippen molar-refractivity contribution < 1.29 is 9.53 Å². The van der Waals surface area contributed by atoms with Crippen LogP contribution in [0.4, 0.5) is 0 Å². The zero-order chi connectivity index (χ0) is 15.7. The van der Waals surface area contributed by atoms with Gasteiger partial charge in [0, 0.05) is 30.4 Å². The highest BCUT2D eigenvalue weighted by atomic mass is 16.5. The topological polar surface area (TPSA) is 71.1 Å². The van der Waals surface area contributed by atoms with Gasteiger partial charge in [-0.1, -0.05) is 6.07 Å². The maximum absolute atomic E-state index is 12.6. The fourth-order valence-corrected chi connectivity index (χ4v) is 2.79. The number of nitrogens with zero attached hydrogens (tertiary/aromatic N) is 3. The van der Waals surface area contributed by atoms with Gasteiger partial charge in [0.15, 0.2) is 0 Å². The number of amides is 1. The van der Waals surface area contributed by atoms with Gasteiger partial charge >= 0.3 is 0 Å². The Morgan fingerprint density at radius 3 is 2.86 bits per heavy atom. The number of aromatic amines is 1. The first-order chi connectivity index (χ1) is 10.5. The van der Waals surface area contributed by atoms with Gasteiger partial charge in [-0.15, -0.1) is 0 Å². The van der Waals surface area contributed by atoms with Crippen LogP contribution in [0.15, 0.2) is 18.2 Å². The largest absolute Gasteiger partial charge is 0.472 e. The van der Waals surface area contributed by atoms with E-state index >= 15 is 0 Å². The van der Waals surface area contributed by atoms with Crippen LogP contribution in [-0.4, -0.2) is 45.2 Å². The minimum Gasteiger partial charge on any atom is -0.472 e. The van der Waals surface area contributed by atoms with E-state index in [-0.39, 0.29) is 12.0 Å². The monoisotopic (exact) mass is 300 g/mol. The summed E-state index contributed by atoms with van der Waals surface area (Å²) in [4.78, 5) is 18.8. The first-order valence-electron chi connectivity index (χ1n) is 7.45. The highest BCUT2D eigenvalue weighted by molar-refractivity contribution is 5.96. The van der Waals surface area contributed by atoms with Gasteiger partial charge in [-0.2, -0.15) is 5.10 Å². The molecular weight excluding hydrogens is 280 g/mol. The minimum absolute atomic E-state index is 0.00855. The number of H-pyrrole nitrogens is 1. The Balaban J connectivity index is 1.66. The van der Waals surface area contributed by atoms with Gasteiger partial charge in [0.2, 0.25) is 5.88 Å². The van der Waals surface area contributed by atoms with Crippen LogP contribution in [0.1, 0.15) is 33.9 Å². The van der Waals surface area contributed by atoms with Crippen LogP contribution < -0.4 is 4.74 Å². The molecule has 22 heavy (non-hydrogen) atoms. The number of likely N-dealkylation sites (tertiary alicyclic amines) is 1. The summed E-state index contributed by atoms with van der Waals surface area (Å²) in [5.41, 5.74) is 3.15. The number of carbonyl (C=O) groups excluding carboxylic acids is 1. The number of aryl methyl sites for hydroxylation is 3. The summed E-state index contributed by atoms with van der Waals surface area (Å²) in [7, 11) is 0. The molecule has 1 aliphatic heterocycles. The van der Waals surface area contributed by atoms with Crippen molar-refractivity contribution in [1.82, 2.24) is 20.1 Å². The van der Waals surface area contributed by atoms with Crippen LogP contribution in [-0.2, 0) is 0 Å². The molecule has 3 rings (SSSR count). The number of carbonyl (C=O) groups is 1. The average Bonchev–Trinajstić information content (AvgIpc) is 3.06. The van der Waals surface area contributed by atoms with Gasteiger partial charge in [0.1, 0.15) is 6.10 Å². The van der Waals surface area contributed by atoms with E-state index in [1.54, 1.807) is 0 Å². The fraction of sp³-hybridized carbons (Fsp3) is 0.438. The van der Waals surface area contributed by atoms with E-state index in [1.165, 1.54) is 0 Å². The molecule has 2 aromatic heterocycles. The van der Waals surface area contributed by atoms with Crippen molar-refractivity contribution in [1.29, 1.82) is 0 Å². The van der Waals surface area contributed by atoms with Crippen molar-refractivity contribution in [2.45, 2.75) is 33.3 Å². The molecule has 3 heterocycles. The molecule has 1 amide bonds. The number of pyridine rings is 1. The van der Waals surface area contributed by atoms with E-state index in [0.29, 0.717) is 24.5 Å². The summed E-state index contributed by atoms with van der Waals surface area (Å²) in [6.45, 7) is 6.92. The average molecular weight is 300 g/mol. The van der Waals surface area contributed by atoms with Crippen molar-refractivity contribution in [2.75, 3.05) is 13.1 Å². The second kappa shape index (κ2) is 5.79. The van der Waals surface area contributed by atoms with Gasteiger partial charge in [-0.3, -0.25) is 9.89 Å². The molecule has 0 spiro atoms. The normalized spacial score (nSPS) is 17.8. The van der Waals surface area contributed by atoms with Crippen LogP contribution in [0.5, 0.6) is 5.88 Å². The lowest BCUT2D eigenvalue weighted by molar-refractivity contribution is 0.0769. The SMILES string of the molecule is Cc1cccc(OC2CCN(C(=O)c3c(C)n[nH]c3C)C2)n1. The van der Waals surface area contributed by atoms with E-state index in [1.807, 2.05) is 43.9 Å². The zero-order valence-corrected chi connectivity index (χ0v) is 13.1. The lowest BCUT2D eigenvalue weighted by atomic mass is 10.2. The third-order valence-electron chi connectivity index (χ3n) is 3.92. The second-order valence-corrected chi connectivity index (χ2v) is 5.71. The molecule has 6 heteroatoms. The smallest absolute Gasteiger partial charge is 0.257 e. The first kappa shape index (κ1) is 14.6. The van der Waals surface area contributed by atoms with E-state index < -0.39 is 0 Å². The van der Waals surface area contributed by atoms with Crippen molar-refractivity contribution in [3.05, 3.63) is 40.8 Å². The predicted molar refractivity (Wildman–Crippen MR) is 82.0 cm³/mol. The Kier molecular flexibility index (Phi) is 3.83. The Labute approximate surface area is 129 Å². The lowest BCUT2D eigenvalue weighted by Crippen LogP contribution is -2.31. The van der Waals surface area contributed by atoms with E-state index in [9.17, 15) is 4.79 Å². The van der Waals surface area contributed by atoms with Crippen molar-refractivity contribution in [2.24, 2.45) is 0 Å². The lowest BCUT2D eigenvalue weighted by Gasteiger charge is -2.17. The molecule has 0 bridgehead atoms. The van der Waals surface area contributed by atoms with Crippen molar-refractivity contribution in [3.8, 4) is 5.88 Å². The second-order valence-electron chi connectivity index (χ2n) is 5.71. The molecule has 1 aliphatic rings. The van der Waals surface area contributed by atoms with E-state index in [2.05, 4.69) is 15.2 Å². The Morgan fingerprint density at radius 2 is 2.18 bits per heavy atom. The Hall–Kier alpha value is -2.37. The molecule has 1 saturated heterocycles. The van der Waals surface area contributed by atoms with Gasteiger partial charge in [-0.05, 0) is 26.8 Å². The number of ether oxygens (including phenoxy) is 1. The summed E-state index contributed by atoms with van der Waals surface area (Å²) in [6.07, 6.45) is 0.808. The molecular formula is C16H20N4O2. The number of hydrogen-bond acceptors (Lipinski definition) is 4. The third-order valence-corrected chi connectivity index (χ3v) is 3.92. The van der Waals surface area contributed by atoms with Gasteiger partial charge in [0.05, 0.1) is 17.8 Å². The molecule has 1 fully saturated rings. The van der Waals surface area contributed by atoms with Crippen LogP contribution in [0.2, 0.25) is 0 Å². The third kappa shape index (κ3) is 2.81. The van der Waals surface area contributed by atoms with Gasteiger partial charge in [-0.25, -0.2) is 4.98 Å². The molecule has 0 radical (unpaired) electrons. The van der Waals surface area contributed by atoms with Gasteiger partial charge in [0.25, 0.3) is 5.91 Å². The molecule has 0 aliphatic carbocycles. The van der Waals surface area contributed by atoms with Crippen molar-refractivity contribution in [3.63, 3.8) is 0 Å². The summed E-state index contributed by atoms with van der Waals surface area (Å²) >= 11 is 0. The number of aromatic nitrogens is 3. The molecule has 6 nitrogen and oxygen atoms in total. The summed E-state index contributed by atoms with van der Waals surface area (Å²) in [5, 5.41) is 6.95. The zero-order valence-electron chi connectivity index (χ0n) is 13.1. The van der Waals surface area contributed by atoms with Crippen LogP contribution in [0, 0.1) is 20.8 Å². The first-order valence-corrected chi connectivity index (χ1v) is 7.45. The fourth-order valence-electron chi connectivity index (χ4n) is 2.79. The number of nitrogens with one attached hydrogen (secondary N) is 1. The molecule has 1 N–H and O–H groups in total. The predicted octanol–water partition coefficient (Wildman–Crippen LogP) is 2.02. The standard InChI is InChI=1S/C16H20N4O2/c1-10-5-4-6-14(17-10)22-13-7-8-20(9-13)16(21)15-11(2)18-19-12(15)3/h4-6,13H,7-9H2,1-3H3,(H,18,19). The van der Waals surface area contributed by atoms with Crippen LogP contribution in [0.3, 0.4) is 0 Å². The molecule has 1 atom stereocenters. The molecule has 2 aromatic rings. The summed E-state index contributed by atoms with van der Waals surface area (Å²) in [6, 6.07) is 5.71. The minimum atomic E-state index is -0.00855. The highest BCUT2D eigenvalue weighted by Gasteiger charge is 2.30. The molecule has 116 valence electrons. The van der Waals surface area contributed by atoms with Gasteiger partial charge < -0.3 is 9.64 Å². The molecule has 0 saturated carbocycles. The maximum Gasteiger partial charge on any atom is 0.257 e.